The van der Waals surface area contributed by atoms with Crippen molar-refractivity contribution in [2.24, 2.45) is 0 Å². The molecule has 0 spiro atoms. The highest BCUT2D eigenvalue weighted by Gasteiger charge is 2.15. The predicted molar refractivity (Wildman–Crippen MR) is 66.3 cm³/mol. The van der Waals surface area contributed by atoms with E-state index in [-0.39, 0.29) is 5.78 Å². The second-order valence-electron chi connectivity index (χ2n) is 2.93. The predicted octanol–water partition coefficient (Wildman–Crippen LogP) is 3.77. The minimum atomic E-state index is -0.146. The van der Waals surface area contributed by atoms with Crippen LogP contribution in [0, 0.1) is 3.57 Å². The second kappa shape index (κ2) is 4.37. The third kappa shape index (κ3) is 2.23. The maximum Gasteiger partial charge on any atom is 0.229 e. The molecule has 0 N–H and O–H groups in total. The molecule has 1 aromatic heterocycles. The zero-order valence-corrected chi connectivity index (χ0v) is 10.4. The van der Waals surface area contributed by atoms with Crippen LogP contribution in [0.15, 0.2) is 41.0 Å². The smallest absolute Gasteiger partial charge is 0.229 e. The minimum Gasteiger partial charge on any atom is -0.461 e. The van der Waals surface area contributed by atoms with Crippen LogP contribution < -0.4 is 0 Å². The molecule has 2 nitrogen and oxygen atoms in total. The van der Waals surface area contributed by atoms with Gasteiger partial charge in [-0.3, -0.25) is 4.79 Å². The lowest BCUT2D eigenvalue weighted by Crippen LogP contribution is -2.02. The zero-order chi connectivity index (χ0) is 10.8. The molecular formula is C11H6ClIO2. The standard InChI is InChI=1S/C11H6ClIO2/c12-7-3-4-9(13)8(6-7)11(14)10-2-1-5-15-10/h1-6H. The first-order valence-corrected chi connectivity index (χ1v) is 5.67. The molecule has 1 heterocycles. The van der Waals surface area contributed by atoms with Gasteiger partial charge >= 0.3 is 0 Å². The maximum absolute atomic E-state index is 11.9. The molecular weight excluding hydrogens is 326 g/mol. The van der Waals surface area contributed by atoms with Crippen molar-refractivity contribution in [3.63, 3.8) is 0 Å². The first-order chi connectivity index (χ1) is 7.18. The highest BCUT2D eigenvalue weighted by atomic mass is 127. The van der Waals surface area contributed by atoms with Crippen LogP contribution in [0.4, 0.5) is 0 Å². The quantitative estimate of drug-likeness (QED) is 0.619. The minimum absolute atomic E-state index is 0.146. The van der Waals surface area contributed by atoms with Gasteiger partial charge in [0.05, 0.1) is 6.26 Å². The molecule has 0 aliphatic carbocycles. The molecule has 2 rings (SSSR count). The Labute approximate surface area is 105 Å². The summed E-state index contributed by atoms with van der Waals surface area (Å²) >= 11 is 7.93. The molecule has 4 heteroatoms. The molecule has 0 bridgehead atoms. The molecule has 76 valence electrons. The van der Waals surface area contributed by atoms with Gasteiger partial charge in [-0.15, -0.1) is 0 Å². The molecule has 2 aromatic rings. The van der Waals surface area contributed by atoms with E-state index in [1.807, 2.05) is 0 Å². The lowest BCUT2D eigenvalue weighted by molar-refractivity contribution is 0.101. The third-order valence-corrected chi connectivity index (χ3v) is 3.09. The lowest BCUT2D eigenvalue weighted by Gasteiger charge is -2.01. The van der Waals surface area contributed by atoms with Crippen molar-refractivity contribution in [2.75, 3.05) is 0 Å². The van der Waals surface area contributed by atoms with Gasteiger partial charge in [0.25, 0.3) is 0 Å². The molecule has 0 radical (unpaired) electrons. The van der Waals surface area contributed by atoms with E-state index in [4.69, 9.17) is 16.0 Å². The Hall–Kier alpha value is -0.810. The summed E-state index contributed by atoms with van der Waals surface area (Å²) in [6.07, 6.45) is 1.48. The molecule has 0 aliphatic rings. The van der Waals surface area contributed by atoms with E-state index in [1.54, 1.807) is 30.3 Å². The van der Waals surface area contributed by atoms with E-state index in [9.17, 15) is 4.79 Å². The fraction of sp³-hybridized carbons (Fsp3) is 0. The Morgan fingerprint density at radius 1 is 1.33 bits per heavy atom. The van der Waals surface area contributed by atoms with Gasteiger partial charge in [-0.25, -0.2) is 0 Å². The first-order valence-electron chi connectivity index (χ1n) is 4.22. The topological polar surface area (TPSA) is 30.2 Å². The van der Waals surface area contributed by atoms with Crippen LogP contribution in [-0.2, 0) is 0 Å². The Balaban J connectivity index is 2.46. The van der Waals surface area contributed by atoms with Crippen molar-refractivity contribution in [1.82, 2.24) is 0 Å². The summed E-state index contributed by atoms with van der Waals surface area (Å²) < 4.78 is 5.91. The molecule has 1 aromatic carbocycles. The van der Waals surface area contributed by atoms with E-state index in [2.05, 4.69) is 22.6 Å². The summed E-state index contributed by atoms with van der Waals surface area (Å²) in [7, 11) is 0. The molecule has 0 fully saturated rings. The first kappa shape index (κ1) is 10.7. The van der Waals surface area contributed by atoms with Crippen LogP contribution in [0.2, 0.25) is 5.02 Å². The van der Waals surface area contributed by atoms with Crippen LogP contribution in [0.5, 0.6) is 0 Å². The second-order valence-corrected chi connectivity index (χ2v) is 4.53. The Bertz CT molecular complexity index is 491. The molecule has 15 heavy (non-hydrogen) atoms. The van der Waals surface area contributed by atoms with E-state index in [1.165, 1.54) is 6.26 Å². The summed E-state index contributed by atoms with van der Waals surface area (Å²) in [4.78, 5) is 11.9. The Morgan fingerprint density at radius 3 is 2.80 bits per heavy atom. The fourth-order valence-electron chi connectivity index (χ4n) is 1.21. The summed E-state index contributed by atoms with van der Waals surface area (Å²) in [5, 5.41) is 0.547. The van der Waals surface area contributed by atoms with E-state index in [0.29, 0.717) is 16.3 Å². The van der Waals surface area contributed by atoms with Crippen LogP contribution in [0.25, 0.3) is 0 Å². The van der Waals surface area contributed by atoms with Crippen molar-refractivity contribution >= 4 is 40.0 Å². The van der Waals surface area contributed by atoms with Gasteiger partial charge < -0.3 is 4.42 Å². The highest BCUT2D eigenvalue weighted by Crippen LogP contribution is 2.21. The average molecular weight is 333 g/mol. The fourth-order valence-corrected chi connectivity index (χ4v) is 1.96. The summed E-state index contributed by atoms with van der Waals surface area (Å²) in [5.41, 5.74) is 0.568. The van der Waals surface area contributed by atoms with Crippen LogP contribution in [-0.4, -0.2) is 5.78 Å². The number of hydrogen-bond acceptors (Lipinski definition) is 2. The normalized spacial score (nSPS) is 10.3. The van der Waals surface area contributed by atoms with Crippen molar-refractivity contribution in [3.05, 3.63) is 56.5 Å². The molecule has 0 unspecified atom stereocenters. The van der Waals surface area contributed by atoms with Crippen molar-refractivity contribution in [3.8, 4) is 0 Å². The monoisotopic (exact) mass is 332 g/mol. The van der Waals surface area contributed by atoms with Gasteiger partial charge in [-0.1, -0.05) is 11.6 Å². The Morgan fingerprint density at radius 2 is 2.13 bits per heavy atom. The number of benzene rings is 1. The molecule has 0 saturated heterocycles. The van der Waals surface area contributed by atoms with Gasteiger partial charge in [-0.05, 0) is 52.9 Å². The number of hydrogen-bond donors (Lipinski definition) is 0. The van der Waals surface area contributed by atoms with Crippen LogP contribution >= 0.6 is 34.2 Å². The number of carbonyl (C=O) groups excluding carboxylic acids is 1. The van der Waals surface area contributed by atoms with E-state index < -0.39 is 0 Å². The average Bonchev–Trinajstić information content (AvgIpc) is 2.74. The van der Waals surface area contributed by atoms with Gasteiger partial charge in [0, 0.05) is 14.2 Å². The maximum atomic E-state index is 11.9. The van der Waals surface area contributed by atoms with Crippen molar-refractivity contribution in [2.45, 2.75) is 0 Å². The third-order valence-electron chi connectivity index (χ3n) is 1.92. The van der Waals surface area contributed by atoms with E-state index in [0.717, 1.165) is 3.57 Å². The van der Waals surface area contributed by atoms with Crippen molar-refractivity contribution in [1.29, 1.82) is 0 Å². The van der Waals surface area contributed by atoms with Gasteiger partial charge in [-0.2, -0.15) is 0 Å². The Kier molecular flexibility index (Phi) is 3.11. The number of carbonyl (C=O) groups is 1. The van der Waals surface area contributed by atoms with Crippen molar-refractivity contribution < 1.29 is 9.21 Å². The van der Waals surface area contributed by atoms with Gasteiger partial charge in [0.1, 0.15) is 0 Å². The van der Waals surface area contributed by atoms with Crippen LogP contribution in [0.1, 0.15) is 16.1 Å². The number of halogens is 2. The summed E-state index contributed by atoms with van der Waals surface area (Å²) in [5.74, 6) is 0.182. The number of rotatable bonds is 2. The summed E-state index contributed by atoms with van der Waals surface area (Å²) in [6, 6.07) is 8.53. The van der Waals surface area contributed by atoms with Gasteiger partial charge in [0.2, 0.25) is 5.78 Å². The summed E-state index contributed by atoms with van der Waals surface area (Å²) in [6.45, 7) is 0. The molecule has 0 aliphatic heterocycles. The van der Waals surface area contributed by atoms with Crippen LogP contribution in [0.3, 0.4) is 0 Å². The molecule has 0 saturated carbocycles. The zero-order valence-electron chi connectivity index (χ0n) is 7.54. The highest BCUT2D eigenvalue weighted by molar-refractivity contribution is 14.1. The lowest BCUT2D eigenvalue weighted by atomic mass is 10.1. The number of ketones is 1. The van der Waals surface area contributed by atoms with E-state index >= 15 is 0 Å². The van der Waals surface area contributed by atoms with Gasteiger partial charge in [0.15, 0.2) is 5.76 Å². The largest absolute Gasteiger partial charge is 0.461 e. The number of furan rings is 1. The molecule has 0 atom stereocenters. The SMILES string of the molecule is O=C(c1ccco1)c1cc(Cl)ccc1I. The molecule has 0 amide bonds.